The van der Waals surface area contributed by atoms with Gasteiger partial charge in [-0.05, 0) is 23.8 Å². The molecule has 1 amide bonds. The van der Waals surface area contributed by atoms with Crippen LogP contribution in [0.2, 0.25) is 5.02 Å². The lowest BCUT2D eigenvalue weighted by atomic mass is 10.1. The van der Waals surface area contributed by atoms with E-state index in [-0.39, 0.29) is 24.1 Å². The minimum atomic E-state index is -0.357. The Kier molecular flexibility index (Phi) is 6.16. The first-order chi connectivity index (χ1) is 15.4. The molecule has 1 fully saturated rings. The van der Waals surface area contributed by atoms with Gasteiger partial charge in [0.2, 0.25) is 5.91 Å². The maximum atomic E-state index is 12.4. The number of amides is 1. The number of hydrogen-bond donors (Lipinski definition) is 2. The molecule has 1 saturated heterocycles. The lowest BCUT2D eigenvalue weighted by Crippen LogP contribution is -2.50. The molecule has 3 aromatic rings. The molecular weight excluding hydrogens is 432 g/mol. The Labute approximate surface area is 189 Å². The van der Waals surface area contributed by atoms with Crippen LogP contribution >= 0.6 is 11.6 Å². The molecule has 2 N–H and O–H groups in total. The van der Waals surface area contributed by atoms with Crippen molar-refractivity contribution in [2.45, 2.75) is 12.5 Å². The van der Waals surface area contributed by atoms with Gasteiger partial charge in [-0.25, -0.2) is 9.97 Å². The molecular formula is C22H19ClN6O3. The van der Waals surface area contributed by atoms with Gasteiger partial charge in [0.15, 0.2) is 0 Å². The van der Waals surface area contributed by atoms with Crippen LogP contribution in [0.15, 0.2) is 42.7 Å². The fourth-order valence-corrected chi connectivity index (χ4v) is 3.43. The number of halogens is 1. The molecule has 4 rings (SSSR count). The first kappa shape index (κ1) is 21.5. The number of nitrogens with zero attached hydrogens (tertiary/aromatic N) is 5. The van der Waals surface area contributed by atoms with E-state index in [9.17, 15) is 15.2 Å². The Balaban J connectivity index is 1.46. The second-order valence-corrected chi connectivity index (χ2v) is 7.65. The second-order valence-electron chi connectivity index (χ2n) is 7.25. The number of nitriles is 1. The van der Waals surface area contributed by atoms with E-state index in [1.54, 1.807) is 30.5 Å². The topological polar surface area (TPSA) is 124 Å². The first-order valence-corrected chi connectivity index (χ1v) is 10.1. The highest BCUT2D eigenvalue weighted by atomic mass is 35.5. The predicted octanol–water partition coefficient (Wildman–Crippen LogP) is 2.43. The molecule has 0 aromatic carbocycles. The Morgan fingerprint density at radius 1 is 1.28 bits per heavy atom. The third kappa shape index (κ3) is 4.77. The number of aliphatic hydroxyl groups excluding tert-OH is 1. The van der Waals surface area contributed by atoms with Crippen molar-refractivity contribution in [3.8, 4) is 23.2 Å². The Hall–Kier alpha value is -3.74. The molecule has 0 atom stereocenters. The van der Waals surface area contributed by atoms with Gasteiger partial charge >= 0.3 is 0 Å². The number of nitrogens with one attached hydrogen (secondary N) is 1. The van der Waals surface area contributed by atoms with Crippen LogP contribution in [0.4, 0.5) is 11.5 Å². The summed E-state index contributed by atoms with van der Waals surface area (Å²) >= 11 is 5.95. The number of anilines is 2. The van der Waals surface area contributed by atoms with Crippen molar-refractivity contribution in [1.82, 2.24) is 15.0 Å². The smallest absolute Gasteiger partial charge is 0.230 e. The fraction of sp³-hybridized carbons (Fsp3) is 0.227. The first-order valence-electron chi connectivity index (χ1n) is 9.75. The number of aliphatic hydroxyl groups is 1. The third-order valence-electron chi connectivity index (χ3n) is 4.91. The largest absolute Gasteiger partial charge is 0.495 e. The van der Waals surface area contributed by atoms with E-state index in [0.29, 0.717) is 46.6 Å². The van der Waals surface area contributed by atoms with Gasteiger partial charge < -0.3 is 20.1 Å². The molecule has 10 heteroatoms. The van der Waals surface area contributed by atoms with Crippen LogP contribution in [-0.4, -0.2) is 52.3 Å². The average Bonchev–Trinajstić information content (AvgIpc) is 2.78. The zero-order valence-corrected chi connectivity index (χ0v) is 17.9. The van der Waals surface area contributed by atoms with Crippen LogP contribution in [0.25, 0.3) is 11.4 Å². The van der Waals surface area contributed by atoms with E-state index in [1.807, 2.05) is 11.0 Å². The second kappa shape index (κ2) is 9.18. The van der Waals surface area contributed by atoms with Crippen LogP contribution in [0.3, 0.4) is 0 Å². The third-order valence-corrected chi connectivity index (χ3v) is 5.20. The van der Waals surface area contributed by atoms with Gasteiger partial charge in [-0.15, -0.1) is 0 Å². The van der Waals surface area contributed by atoms with Crippen molar-refractivity contribution in [2.75, 3.05) is 30.4 Å². The summed E-state index contributed by atoms with van der Waals surface area (Å²) < 4.78 is 5.12. The van der Waals surface area contributed by atoms with Gasteiger partial charge in [0.25, 0.3) is 0 Å². The summed E-state index contributed by atoms with van der Waals surface area (Å²) in [6.45, 7) is 1.04. The maximum Gasteiger partial charge on any atom is 0.230 e. The molecule has 162 valence electrons. The lowest BCUT2D eigenvalue weighted by Gasteiger charge is -2.38. The zero-order valence-electron chi connectivity index (χ0n) is 17.1. The molecule has 0 spiro atoms. The number of hydrogen-bond acceptors (Lipinski definition) is 8. The number of pyridine rings is 3. The summed E-state index contributed by atoms with van der Waals surface area (Å²) in [4.78, 5) is 27.1. The lowest BCUT2D eigenvalue weighted by molar-refractivity contribution is -0.115. The molecule has 0 aliphatic carbocycles. The summed E-state index contributed by atoms with van der Waals surface area (Å²) in [6, 6.07) is 10.7. The van der Waals surface area contributed by atoms with Crippen LogP contribution in [-0.2, 0) is 11.2 Å². The quantitative estimate of drug-likeness (QED) is 0.586. The zero-order chi connectivity index (χ0) is 22.7. The molecule has 0 radical (unpaired) electrons. The van der Waals surface area contributed by atoms with Gasteiger partial charge in [-0.1, -0.05) is 17.7 Å². The number of carbonyl (C=O) groups is 1. The summed E-state index contributed by atoms with van der Waals surface area (Å²) in [7, 11) is 1.48. The Morgan fingerprint density at radius 3 is 2.75 bits per heavy atom. The molecule has 3 aromatic heterocycles. The van der Waals surface area contributed by atoms with E-state index < -0.39 is 0 Å². The predicted molar refractivity (Wildman–Crippen MR) is 119 cm³/mol. The van der Waals surface area contributed by atoms with Crippen molar-refractivity contribution in [1.29, 1.82) is 5.26 Å². The molecule has 4 heterocycles. The van der Waals surface area contributed by atoms with Gasteiger partial charge in [0.05, 0.1) is 37.2 Å². The standard InChI is InChI=1S/C22H19ClN6O3/c1-32-20-7-21(26-10-17(20)23)28-22(31)4-13-2-3-18(25-9-13)19-6-15(5-14(8-24)27-19)29-11-16(30)12-29/h2-3,5-7,9-10,16,30H,4,11-12H2,1H3,(H,26,28,31). The number of methoxy groups -OCH3 is 1. The SMILES string of the molecule is COc1cc(NC(=O)Cc2ccc(-c3cc(N4CC(O)C4)cc(C#N)n3)nc2)ncc1Cl. The number of ether oxygens (including phenoxy) is 1. The summed E-state index contributed by atoms with van der Waals surface area (Å²) in [5, 5.41) is 21.9. The van der Waals surface area contributed by atoms with Crippen molar-refractivity contribution in [3.63, 3.8) is 0 Å². The fourth-order valence-electron chi connectivity index (χ4n) is 3.25. The van der Waals surface area contributed by atoms with Crippen LogP contribution in [0.1, 0.15) is 11.3 Å². The highest BCUT2D eigenvalue weighted by molar-refractivity contribution is 6.32. The number of aromatic nitrogens is 3. The number of rotatable bonds is 6. The molecule has 9 nitrogen and oxygen atoms in total. The van der Waals surface area contributed by atoms with Gasteiger partial charge in [-0.2, -0.15) is 5.26 Å². The van der Waals surface area contributed by atoms with Crippen molar-refractivity contribution >= 4 is 29.0 Å². The van der Waals surface area contributed by atoms with Crippen LogP contribution in [0, 0.1) is 11.3 Å². The number of β-amino-alcohol motifs (C(OH)–C–C–N with tert-alkyl or cyclic N) is 1. The average molecular weight is 451 g/mol. The minimum Gasteiger partial charge on any atom is -0.495 e. The Morgan fingerprint density at radius 2 is 2.09 bits per heavy atom. The highest BCUT2D eigenvalue weighted by Crippen LogP contribution is 2.27. The highest BCUT2D eigenvalue weighted by Gasteiger charge is 2.25. The Bertz CT molecular complexity index is 1190. The van der Waals surface area contributed by atoms with Gasteiger partial charge in [0.1, 0.15) is 28.4 Å². The molecule has 0 saturated carbocycles. The molecule has 0 bridgehead atoms. The molecule has 32 heavy (non-hydrogen) atoms. The van der Waals surface area contributed by atoms with E-state index in [1.165, 1.54) is 13.3 Å². The normalized spacial score (nSPS) is 13.2. The van der Waals surface area contributed by atoms with E-state index in [4.69, 9.17) is 16.3 Å². The minimum absolute atomic E-state index is 0.0997. The van der Waals surface area contributed by atoms with E-state index in [0.717, 1.165) is 5.69 Å². The van der Waals surface area contributed by atoms with Gasteiger partial charge in [-0.3, -0.25) is 9.78 Å². The maximum absolute atomic E-state index is 12.4. The monoisotopic (exact) mass is 450 g/mol. The molecule has 1 aliphatic heterocycles. The summed E-state index contributed by atoms with van der Waals surface area (Å²) in [6.07, 6.45) is 2.75. The number of carbonyl (C=O) groups excluding carboxylic acids is 1. The summed E-state index contributed by atoms with van der Waals surface area (Å²) in [5.74, 6) is 0.490. The van der Waals surface area contributed by atoms with Crippen LogP contribution in [0.5, 0.6) is 5.75 Å². The summed E-state index contributed by atoms with van der Waals surface area (Å²) in [5.41, 5.74) is 2.92. The van der Waals surface area contributed by atoms with Crippen molar-refractivity contribution < 1.29 is 14.6 Å². The molecule has 0 unspecified atom stereocenters. The van der Waals surface area contributed by atoms with Gasteiger partial charge in [0, 0.05) is 31.0 Å². The van der Waals surface area contributed by atoms with Crippen LogP contribution < -0.4 is 15.0 Å². The van der Waals surface area contributed by atoms with Crippen molar-refractivity contribution in [3.05, 3.63) is 59.0 Å². The molecule has 1 aliphatic rings. The van der Waals surface area contributed by atoms with Crippen molar-refractivity contribution in [2.24, 2.45) is 0 Å². The van der Waals surface area contributed by atoms with E-state index in [2.05, 4.69) is 26.3 Å². The van der Waals surface area contributed by atoms with E-state index >= 15 is 0 Å².